The molecule has 0 saturated carbocycles. The Morgan fingerprint density at radius 1 is 1.37 bits per heavy atom. The van der Waals surface area contributed by atoms with Crippen molar-refractivity contribution < 1.29 is 8.42 Å². The van der Waals surface area contributed by atoms with Gasteiger partial charge in [0.05, 0.1) is 17.4 Å². The minimum atomic E-state index is -3.39. The number of sulfonamides is 1. The van der Waals surface area contributed by atoms with Gasteiger partial charge in [-0.15, -0.1) is 0 Å². The second-order valence-electron chi connectivity index (χ2n) is 4.68. The van der Waals surface area contributed by atoms with Gasteiger partial charge in [0, 0.05) is 13.1 Å². The Bertz CT molecular complexity index is 561. The predicted octanol–water partition coefficient (Wildman–Crippen LogP) is 2.51. The summed E-state index contributed by atoms with van der Waals surface area (Å²) in [6.07, 6.45) is 1.77. The Morgan fingerprint density at radius 2 is 2.00 bits per heavy atom. The Kier molecular flexibility index (Phi) is 5.52. The Balaban J connectivity index is 2.94. The van der Waals surface area contributed by atoms with Crippen molar-refractivity contribution in [3.8, 4) is 6.07 Å². The molecule has 19 heavy (non-hydrogen) atoms. The molecule has 1 atom stereocenters. The summed E-state index contributed by atoms with van der Waals surface area (Å²) < 4.78 is 26.0. The van der Waals surface area contributed by atoms with Crippen molar-refractivity contribution in [2.24, 2.45) is 0 Å². The summed E-state index contributed by atoms with van der Waals surface area (Å²) in [5.41, 5.74) is 0.975. The van der Waals surface area contributed by atoms with E-state index in [-0.39, 0.29) is 11.8 Å². The molecule has 0 heterocycles. The zero-order valence-corrected chi connectivity index (χ0v) is 12.4. The molecule has 0 aliphatic carbocycles. The van der Waals surface area contributed by atoms with Crippen molar-refractivity contribution in [1.82, 2.24) is 4.31 Å². The molecule has 0 radical (unpaired) electrons. The van der Waals surface area contributed by atoms with Crippen LogP contribution in [0.2, 0.25) is 0 Å². The highest BCUT2D eigenvalue weighted by Gasteiger charge is 2.23. The lowest BCUT2D eigenvalue weighted by Crippen LogP contribution is -2.35. The molecule has 5 heteroatoms. The molecule has 1 unspecified atom stereocenters. The SMILES string of the molecule is CCCC(C)N(C)S(=O)(=O)Cc1ccccc1C#N. The number of hydrogen-bond acceptors (Lipinski definition) is 3. The number of nitrogens with zero attached hydrogens (tertiary/aromatic N) is 2. The molecule has 1 aromatic rings. The second kappa shape index (κ2) is 6.69. The summed E-state index contributed by atoms with van der Waals surface area (Å²) in [6.45, 7) is 3.93. The summed E-state index contributed by atoms with van der Waals surface area (Å²) in [5, 5.41) is 8.99. The van der Waals surface area contributed by atoms with Crippen LogP contribution in [0.3, 0.4) is 0 Å². The van der Waals surface area contributed by atoms with Crippen LogP contribution in [0.25, 0.3) is 0 Å². The van der Waals surface area contributed by atoms with E-state index in [4.69, 9.17) is 5.26 Å². The molecule has 0 aliphatic heterocycles. The topological polar surface area (TPSA) is 61.2 Å². The highest BCUT2D eigenvalue weighted by Crippen LogP contribution is 2.17. The quantitative estimate of drug-likeness (QED) is 0.804. The molecule has 0 amide bonds. The van der Waals surface area contributed by atoms with Crippen LogP contribution >= 0.6 is 0 Å². The first-order valence-electron chi connectivity index (χ1n) is 6.36. The fourth-order valence-corrected chi connectivity index (χ4v) is 3.43. The van der Waals surface area contributed by atoms with E-state index in [0.29, 0.717) is 11.1 Å². The van der Waals surface area contributed by atoms with E-state index in [1.165, 1.54) is 4.31 Å². The van der Waals surface area contributed by atoms with Gasteiger partial charge in [-0.2, -0.15) is 5.26 Å². The normalized spacial score (nSPS) is 13.2. The molecule has 0 aliphatic rings. The molecule has 0 aromatic heterocycles. The van der Waals surface area contributed by atoms with Gasteiger partial charge in [-0.3, -0.25) is 0 Å². The average Bonchev–Trinajstić information content (AvgIpc) is 2.38. The second-order valence-corrected chi connectivity index (χ2v) is 6.71. The lowest BCUT2D eigenvalue weighted by atomic mass is 10.1. The van der Waals surface area contributed by atoms with E-state index in [2.05, 4.69) is 0 Å². The first kappa shape index (κ1) is 15.7. The highest BCUT2D eigenvalue weighted by atomic mass is 32.2. The van der Waals surface area contributed by atoms with Crippen molar-refractivity contribution in [2.75, 3.05) is 7.05 Å². The summed E-state index contributed by atoms with van der Waals surface area (Å²) in [7, 11) is -1.78. The standard InChI is InChI=1S/C14H20N2O2S/c1-4-7-12(2)16(3)19(17,18)11-14-9-6-5-8-13(14)10-15/h5-6,8-9,12H,4,7,11H2,1-3H3. The van der Waals surface area contributed by atoms with Gasteiger partial charge in [-0.1, -0.05) is 31.5 Å². The van der Waals surface area contributed by atoms with E-state index in [0.717, 1.165) is 12.8 Å². The van der Waals surface area contributed by atoms with E-state index in [1.54, 1.807) is 31.3 Å². The van der Waals surface area contributed by atoms with Crippen molar-refractivity contribution in [3.63, 3.8) is 0 Å². The molecule has 0 spiro atoms. The monoisotopic (exact) mass is 280 g/mol. The maximum absolute atomic E-state index is 12.3. The third-order valence-electron chi connectivity index (χ3n) is 3.24. The highest BCUT2D eigenvalue weighted by molar-refractivity contribution is 7.88. The Morgan fingerprint density at radius 3 is 2.58 bits per heavy atom. The number of hydrogen-bond donors (Lipinski definition) is 0. The van der Waals surface area contributed by atoms with Crippen LogP contribution in [0.4, 0.5) is 0 Å². The predicted molar refractivity (Wildman–Crippen MR) is 75.9 cm³/mol. The van der Waals surface area contributed by atoms with Gasteiger partial charge >= 0.3 is 0 Å². The maximum atomic E-state index is 12.3. The van der Waals surface area contributed by atoms with Gasteiger partial charge in [-0.25, -0.2) is 12.7 Å². The maximum Gasteiger partial charge on any atom is 0.218 e. The number of nitriles is 1. The molecular formula is C14H20N2O2S. The van der Waals surface area contributed by atoms with Crippen LogP contribution in [-0.4, -0.2) is 25.8 Å². The van der Waals surface area contributed by atoms with E-state index in [1.807, 2.05) is 19.9 Å². The molecule has 1 aromatic carbocycles. The molecule has 0 N–H and O–H groups in total. The molecule has 0 fully saturated rings. The van der Waals surface area contributed by atoms with Gasteiger partial charge in [0.25, 0.3) is 0 Å². The Hall–Kier alpha value is -1.38. The smallest absolute Gasteiger partial charge is 0.212 e. The summed E-state index contributed by atoms with van der Waals surface area (Å²) in [5.74, 6) is -0.124. The third kappa shape index (κ3) is 4.05. The Labute approximate surface area is 115 Å². The molecule has 4 nitrogen and oxygen atoms in total. The first-order valence-corrected chi connectivity index (χ1v) is 7.97. The first-order chi connectivity index (χ1) is 8.92. The molecule has 0 saturated heterocycles. The fourth-order valence-electron chi connectivity index (χ4n) is 1.93. The van der Waals surface area contributed by atoms with Gasteiger partial charge in [0.1, 0.15) is 0 Å². The van der Waals surface area contributed by atoms with Crippen molar-refractivity contribution in [2.45, 2.75) is 38.5 Å². The van der Waals surface area contributed by atoms with Crippen LogP contribution < -0.4 is 0 Å². The lowest BCUT2D eigenvalue weighted by molar-refractivity contribution is 0.368. The summed E-state index contributed by atoms with van der Waals surface area (Å²) >= 11 is 0. The van der Waals surface area contributed by atoms with E-state index < -0.39 is 10.0 Å². The largest absolute Gasteiger partial charge is 0.218 e. The summed E-state index contributed by atoms with van der Waals surface area (Å²) in [4.78, 5) is 0. The van der Waals surface area contributed by atoms with Crippen LogP contribution in [0.1, 0.15) is 37.8 Å². The third-order valence-corrected chi connectivity index (χ3v) is 5.15. The zero-order valence-electron chi connectivity index (χ0n) is 11.6. The van der Waals surface area contributed by atoms with Gasteiger partial charge < -0.3 is 0 Å². The molecule has 104 valence electrons. The molecule has 0 bridgehead atoms. The minimum Gasteiger partial charge on any atom is -0.212 e. The summed E-state index contributed by atoms with van der Waals surface area (Å²) in [6, 6.07) is 8.82. The van der Waals surface area contributed by atoms with Gasteiger partial charge in [-0.05, 0) is 25.0 Å². The van der Waals surface area contributed by atoms with Crippen molar-refractivity contribution in [1.29, 1.82) is 5.26 Å². The fraction of sp³-hybridized carbons (Fsp3) is 0.500. The average molecular weight is 280 g/mol. The van der Waals surface area contributed by atoms with Gasteiger partial charge in [0.15, 0.2) is 0 Å². The van der Waals surface area contributed by atoms with Crippen LogP contribution in [0, 0.1) is 11.3 Å². The molecular weight excluding hydrogens is 260 g/mol. The number of benzene rings is 1. The molecule has 1 rings (SSSR count). The number of rotatable bonds is 6. The van der Waals surface area contributed by atoms with Crippen molar-refractivity contribution in [3.05, 3.63) is 35.4 Å². The van der Waals surface area contributed by atoms with Gasteiger partial charge in [0.2, 0.25) is 10.0 Å². The lowest BCUT2D eigenvalue weighted by Gasteiger charge is -2.24. The van der Waals surface area contributed by atoms with Crippen LogP contribution in [-0.2, 0) is 15.8 Å². The zero-order chi connectivity index (χ0) is 14.5. The van der Waals surface area contributed by atoms with E-state index in [9.17, 15) is 8.42 Å². The van der Waals surface area contributed by atoms with Crippen LogP contribution in [0.15, 0.2) is 24.3 Å². The minimum absolute atomic E-state index is 0.0238. The van der Waals surface area contributed by atoms with E-state index >= 15 is 0 Å². The van der Waals surface area contributed by atoms with Crippen LogP contribution in [0.5, 0.6) is 0 Å². The van der Waals surface area contributed by atoms with Crippen molar-refractivity contribution >= 4 is 10.0 Å².